The van der Waals surface area contributed by atoms with E-state index in [1.54, 1.807) is 18.4 Å². The normalized spacial score (nSPS) is 24.2. The largest absolute Gasteiger partial charge is 0.383 e. The lowest BCUT2D eigenvalue weighted by atomic mass is 9.76. The molecule has 5 heteroatoms. The predicted molar refractivity (Wildman–Crippen MR) is 98.4 cm³/mol. The van der Waals surface area contributed by atoms with Crippen molar-refractivity contribution in [2.24, 2.45) is 5.41 Å². The maximum absolute atomic E-state index is 12.5. The van der Waals surface area contributed by atoms with Gasteiger partial charge in [0.25, 0.3) is 0 Å². The summed E-state index contributed by atoms with van der Waals surface area (Å²) in [6.07, 6.45) is 4.04. The van der Waals surface area contributed by atoms with Crippen LogP contribution in [0.2, 0.25) is 0 Å². The molecule has 2 aliphatic rings. The molecule has 0 aliphatic carbocycles. The van der Waals surface area contributed by atoms with Gasteiger partial charge in [0.1, 0.15) is 0 Å². The summed E-state index contributed by atoms with van der Waals surface area (Å²) >= 11 is 1.68. The van der Waals surface area contributed by atoms with Gasteiger partial charge in [0.15, 0.2) is 0 Å². The third kappa shape index (κ3) is 3.84. The van der Waals surface area contributed by atoms with Gasteiger partial charge in [-0.3, -0.25) is 9.69 Å². The van der Waals surface area contributed by atoms with Crippen LogP contribution in [0.5, 0.6) is 0 Å². The summed E-state index contributed by atoms with van der Waals surface area (Å²) in [4.78, 5) is 18.4. The van der Waals surface area contributed by atoms with Crippen molar-refractivity contribution in [1.82, 2.24) is 9.80 Å². The molecule has 0 aromatic carbocycles. The second-order valence-electron chi connectivity index (χ2n) is 7.72. The Morgan fingerprint density at radius 2 is 2.17 bits per heavy atom. The van der Waals surface area contributed by atoms with Gasteiger partial charge >= 0.3 is 0 Å². The van der Waals surface area contributed by atoms with Crippen LogP contribution in [0.1, 0.15) is 38.0 Å². The minimum atomic E-state index is 0.291. The quantitative estimate of drug-likeness (QED) is 0.818. The molecule has 0 saturated carbocycles. The van der Waals surface area contributed by atoms with Gasteiger partial charge in [-0.2, -0.15) is 0 Å². The van der Waals surface area contributed by atoms with Crippen LogP contribution in [0.25, 0.3) is 0 Å². The highest BCUT2D eigenvalue weighted by atomic mass is 32.1. The van der Waals surface area contributed by atoms with Gasteiger partial charge in [-0.1, -0.05) is 6.07 Å². The third-order valence-electron chi connectivity index (χ3n) is 5.76. The second-order valence-corrected chi connectivity index (χ2v) is 8.75. The van der Waals surface area contributed by atoms with E-state index in [2.05, 4.69) is 29.7 Å². The van der Waals surface area contributed by atoms with Crippen LogP contribution in [0.4, 0.5) is 0 Å². The van der Waals surface area contributed by atoms with Gasteiger partial charge in [0, 0.05) is 43.7 Å². The lowest BCUT2D eigenvalue weighted by Gasteiger charge is -2.39. The van der Waals surface area contributed by atoms with Gasteiger partial charge in [-0.05, 0) is 50.0 Å². The van der Waals surface area contributed by atoms with Gasteiger partial charge < -0.3 is 9.64 Å². The zero-order valence-electron chi connectivity index (χ0n) is 15.2. The van der Waals surface area contributed by atoms with Crippen molar-refractivity contribution in [3.8, 4) is 0 Å². The van der Waals surface area contributed by atoms with E-state index in [4.69, 9.17) is 4.74 Å². The molecule has 0 unspecified atom stereocenters. The molecule has 2 saturated heterocycles. The number of likely N-dealkylation sites (tertiary alicyclic amines) is 2. The van der Waals surface area contributed by atoms with Crippen LogP contribution in [0, 0.1) is 5.41 Å². The molecule has 3 rings (SSSR count). The number of carbonyl (C=O) groups is 1. The number of ether oxygens (including phenoxy) is 1. The fourth-order valence-electron chi connectivity index (χ4n) is 4.42. The van der Waals surface area contributed by atoms with E-state index in [1.165, 1.54) is 11.3 Å². The van der Waals surface area contributed by atoms with Gasteiger partial charge in [-0.15, -0.1) is 11.3 Å². The number of carbonyl (C=O) groups excluding carboxylic acids is 1. The molecule has 134 valence electrons. The lowest BCUT2D eigenvalue weighted by Crippen LogP contribution is -2.45. The molecule has 0 bridgehead atoms. The smallest absolute Gasteiger partial charge is 0.227 e. The van der Waals surface area contributed by atoms with E-state index >= 15 is 0 Å². The summed E-state index contributed by atoms with van der Waals surface area (Å²) < 4.78 is 5.45. The first-order chi connectivity index (χ1) is 11.5. The Morgan fingerprint density at radius 3 is 2.75 bits per heavy atom. The Hall–Kier alpha value is -0.910. The lowest BCUT2D eigenvalue weighted by molar-refractivity contribution is -0.132. The van der Waals surface area contributed by atoms with Crippen LogP contribution in [0.3, 0.4) is 0 Å². The van der Waals surface area contributed by atoms with E-state index in [0.29, 0.717) is 29.8 Å². The Labute approximate surface area is 149 Å². The Morgan fingerprint density at radius 1 is 1.42 bits per heavy atom. The van der Waals surface area contributed by atoms with Gasteiger partial charge in [0.05, 0.1) is 13.0 Å². The number of thiophene rings is 1. The predicted octanol–water partition coefficient (Wildman–Crippen LogP) is 3.03. The summed E-state index contributed by atoms with van der Waals surface area (Å²) in [6, 6.07) is 5.17. The van der Waals surface area contributed by atoms with Gasteiger partial charge in [-0.25, -0.2) is 0 Å². The average molecular weight is 351 g/mol. The maximum Gasteiger partial charge on any atom is 0.227 e. The molecule has 2 fully saturated rings. The molecule has 1 atom stereocenters. The second kappa shape index (κ2) is 7.54. The van der Waals surface area contributed by atoms with Crippen molar-refractivity contribution in [2.75, 3.05) is 33.4 Å². The third-order valence-corrected chi connectivity index (χ3v) is 6.64. The number of amides is 1. The summed E-state index contributed by atoms with van der Waals surface area (Å²) in [7, 11) is 1.80. The Kier molecular flexibility index (Phi) is 5.63. The molecule has 0 N–H and O–H groups in total. The van der Waals surface area contributed by atoms with E-state index in [9.17, 15) is 4.79 Å². The molecule has 3 heterocycles. The fraction of sp³-hybridized carbons (Fsp3) is 0.737. The Balaban J connectivity index is 1.57. The first kappa shape index (κ1) is 17.9. The molecule has 1 spiro atoms. The van der Waals surface area contributed by atoms with Crippen molar-refractivity contribution in [3.05, 3.63) is 22.4 Å². The van der Waals surface area contributed by atoms with Crippen LogP contribution in [0.15, 0.2) is 17.5 Å². The summed E-state index contributed by atoms with van der Waals surface area (Å²) in [5.41, 5.74) is 0.382. The maximum atomic E-state index is 12.5. The van der Waals surface area contributed by atoms with Crippen molar-refractivity contribution < 1.29 is 9.53 Å². The van der Waals surface area contributed by atoms with Crippen molar-refractivity contribution in [2.45, 2.75) is 51.6 Å². The standard InChI is InChI=1S/C19H30N2O2S/c1-15(2)21-14-19(12-16(21)13-23-3)6-8-20(9-7-19)18(22)11-17-5-4-10-24-17/h4-5,10,15-16H,6-9,11-14H2,1-3H3/t16-/m1/s1. The molecule has 24 heavy (non-hydrogen) atoms. The first-order valence-corrected chi connectivity index (χ1v) is 9.96. The van der Waals surface area contributed by atoms with Crippen molar-refractivity contribution in [1.29, 1.82) is 0 Å². The van der Waals surface area contributed by atoms with Crippen LogP contribution < -0.4 is 0 Å². The number of methoxy groups -OCH3 is 1. The van der Waals surface area contributed by atoms with Crippen LogP contribution in [-0.2, 0) is 16.0 Å². The summed E-state index contributed by atoms with van der Waals surface area (Å²) in [5, 5.41) is 2.04. The number of hydrogen-bond donors (Lipinski definition) is 0. The molecule has 4 nitrogen and oxygen atoms in total. The van der Waals surface area contributed by atoms with Crippen LogP contribution in [-0.4, -0.2) is 61.1 Å². The minimum absolute atomic E-state index is 0.291. The molecule has 1 amide bonds. The minimum Gasteiger partial charge on any atom is -0.383 e. The first-order valence-electron chi connectivity index (χ1n) is 9.08. The molecular weight excluding hydrogens is 320 g/mol. The average Bonchev–Trinajstić information content (AvgIpc) is 3.17. The highest BCUT2D eigenvalue weighted by molar-refractivity contribution is 7.10. The molecule has 1 aromatic heterocycles. The zero-order chi connectivity index (χ0) is 17.2. The van der Waals surface area contributed by atoms with Crippen LogP contribution >= 0.6 is 11.3 Å². The number of rotatable bonds is 5. The van der Waals surface area contributed by atoms with Crippen molar-refractivity contribution >= 4 is 17.2 Å². The molecular formula is C19H30N2O2S. The van der Waals surface area contributed by atoms with E-state index in [0.717, 1.165) is 39.1 Å². The molecule has 2 aliphatic heterocycles. The highest BCUT2D eigenvalue weighted by Crippen LogP contribution is 2.44. The zero-order valence-corrected chi connectivity index (χ0v) is 16.0. The van der Waals surface area contributed by atoms with E-state index in [-0.39, 0.29) is 0 Å². The van der Waals surface area contributed by atoms with E-state index in [1.807, 2.05) is 11.4 Å². The summed E-state index contributed by atoms with van der Waals surface area (Å²) in [5.74, 6) is 0.291. The number of piperidine rings is 1. The summed E-state index contributed by atoms with van der Waals surface area (Å²) in [6.45, 7) is 8.36. The monoisotopic (exact) mass is 350 g/mol. The number of hydrogen-bond acceptors (Lipinski definition) is 4. The number of nitrogens with zero attached hydrogens (tertiary/aromatic N) is 2. The Bertz CT molecular complexity index is 536. The highest BCUT2D eigenvalue weighted by Gasteiger charge is 2.46. The van der Waals surface area contributed by atoms with Gasteiger partial charge in [0.2, 0.25) is 5.91 Å². The molecule has 0 radical (unpaired) electrons. The SMILES string of the molecule is COC[C@H]1CC2(CCN(C(=O)Cc3cccs3)CC2)CN1C(C)C. The topological polar surface area (TPSA) is 32.8 Å². The van der Waals surface area contributed by atoms with E-state index < -0.39 is 0 Å². The van der Waals surface area contributed by atoms with Crippen molar-refractivity contribution in [3.63, 3.8) is 0 Å². The fourth-order valence-corrected chi connectivity index (χ4v) is 5.11. The molecule has 1 aromatic rings.